The van der Waals surface area contributed by atoms with Gasteiger partial charge in [0.2, 0.25) is 0 Å². The Hall–Kier alpha value is -8.65. The van der Waals surface area contributed by atoms with Crippen molar-refractivity contribution in [3.05, 3.63) is 249 Å². The first-order chi connectivity index (χ1) is 32.7. The lowest BCUT2D eigenvalue weighted by molar-refractivity contribution is 1.40. The third-order valence-corrected chi connectivity index (χ3v) is 13.6. The van der Waals surface area contributed by atoms with E-state index in [1.54, 1.807) is 0 Å². The highest BCUT2D eigenvalue weighted by molar-refractivity contribution is 6.23. The molecular formula is C65H41N. The summed E-state index contributed by atoms with van der Waals surface area (Å²) >= 11 is 0. The zero-order chi connectivity index (χ0) is 43.6. The van der Waals surface area contributed by atoms with E-state index in [1.807, 2.05) is 0 Å². The van der Waals surface area contributed by atoms with E-state index in [0.717, 1.165) is 16.8 Å². The fourth-order valence-electron chi connectivity index (χ4n) is 10.4. The van der Waals surface area contributed by atoms with Crippen molar-refractivity contribution in [1.82, 2.24) is 4.98 Å². The molecule has 13 aromatic rings. The van der Waals surface area contributed by atoms with Gasteiger partial charge in [-0.3, -0.25) is 0 Å². The molecule has 0 radical (unpaired) electrons. The summed E-state index contributed by atoms with van der Waals surface area (Å²) in [7, 11) is 0. The molecular weight excluding hydrogens is 795 g/mol. The fraction of sp³-hybridized carbons (Fsp3) is 0. The van der Waals surface area contributed by atoms with E-state index in [-0.39, 0.29) is 0 Å². The van der Waals surface area contributed by atoms with E-state index in [0.29, 0.717) is 0 Å². The molecule has 1 heterocycles. The Labute approximate surface area is 383 Å². The van der Waals surface area contributed by atoms with Crippen molar-refractivity contribution in [3.63, 3.8) is 0 Å². The molecule has 0 amide bonds. The minimum atomic E-state index is 0.972. The van der Waals surface area contributed by atoms with Crippen LogP contribution in [-0.2, 0) is 0 Å². The average molecular weight is 836 g/mol. The van der Waals surface area contributed by atoms with Crippen LogP contribution in [0.15, 0.2) is 249 Å². The van der Waals surface area contributed by atoms with Gasteiger partial charge in [-0.15, -0.1) is 0 Å². The summed E-state index contributed by atoms with van der Waals surface area (Å²) in [4.78, 5) is 5.20. The second-order valence-electron chi connectivity index (χ2n) is 17.4. The van der Waals surface area contributed by atoms with Crippen LogP contribution in [0.2, 0.25) is 0 Å². The Balaban J connectivity index is 0.953. The smallest absolute Gasteiger partial charge is 0.0722 e. The molecule has 0 aliphatic carbocycles. The summed E-state index contributed by atoms with van der Waals surface area (Å²) in [5.74, 6) is 0. The Morgan fingerprint density at radius 2 is 0.697 bits per heavy atom. The maximum absolute atomic E-state index is 5.20. The van der Waals surface area contributed by atoms with Gasteiger partial charge in [0.05, 0.1) is 11.2 Å². The van der Waals surface area contributed by atoms with Gasteiger partial charge in [0, 0.05) is 10.9 Å². The monoisotopic (exact) mass is 835 g/mol. The number of nitrogens with zero attached hydrogens (tertiary/aromatic N) is 1. The van der Waals surface area contributed by atoms with Gasteiger partial charge in [0.25, 0.3) is 0 Å². The van der Waals surface area contributed by atoms with Gasteiger partial charge in [0.15, 0.2) is 0 Å². The molecule has 0 spiro atoms. The van der Waals surface area contributed by atoms with Gasteiger partial charge < -0.3 is 0 Å². The summed E-state index contributed by atoms with van der Waals surface area (Å²) < 4.78 is 0. The van der Waals surface area contributed by atoms with Crippen molar-refractivity contribution in [2.24, 2.45) is 0 Å². The minimum absolute atomic E-state index is 0.972. The average Bonchev–Trinajstić information content (AvgIpc) is 3.39. The predicted octanol–water partition coefficient (Wildman–Crippen LogP) is 18.0. The largest absolute Gasteiger partial charge is 0.248 e. The van der Waals surface area contributed by atoms with Crippen LogP contribution in [0.5, 0.6) is 0 Å². The van der Waals surface area contributed by atoms with Crippen LogP contribution >= 0.6 is 0 Å². The predicted molar refractivity (Wildman–Crippen MR) is 282 cm³/mol. The molecule has 1 heteroatoms. The van der Waals surface area contributed by atoms with Crippen LogP contribution in [0, 0.1) is 0 Å². The molecule has 66 heavy (non-hydrogen) atoms. The first-order valence-corrected chi connectivity index (χ1v) is 22.8. The van der Waals surface area contributed by atoms with Crippen LogP contribution in [0.25, 0.3) is 132 Å². The maximum Gasteiger partial charge on any atom is 0.0722 e. The number of fused-ring (bicyclic) bond motifs is 7. The van der Waals surface area contributed by atoms with Crippen molar-refractivity contribution < 1.29 is 0 Å². The van der Waals surface area contributed by atoms with E-state index < -0.39 is 0 Å². The first kappa shape index (κ1) is 37.9. The summed E-state index contributed by atoms with van der Waals surface area (Å²) in [6, 6.07) is 91.1. The lowest BCUT2D eigenvalue weighted by Gasteiger charge is -2.19. The number of pyridine rings is 1. The van der Waals surface area contributed by atoms with Gasteiger partial charge in [-0.2, -0.15) is 0 Å². The topological polar surface area (TPSA) is 12.9 Å². The highest BCUT2D eigenvalue weighted by Gasteiger charge is 2.19. The minimum Gasteiger partial charge on any atom is -0.248 e. The van der Waals surface area contributed by atoms with E-state index in [4.69, 9.17) is 4.98 Å². The Morgan fingerprint density at radius 3 is 1.36 bits per heavy atom. The Bertz CT molecular complexity index is 4030. The van der Waals surface area contributed by atoms with Crippen molar-refractivity contribution in [1.29, 1.82) is 0 Å². The summed E-state index contributed by atoms with van der Waals surface area (Å²) in [6.07, 6.45) is 0. The second kappa shape index (κ2) is 15.6. The normalized spacial score (nSPS) is 11.6. The SMILES string of the molecule is c1ccc(-c2cc(-c3cccc(-c4ccc(-c5ccc6c(-c7ccc8ccccc8c7)c7ccccc7c(-c7ccc8ccccc8c7)c6c5)cc4)c3)c3c(ccc4ccccc43)n2)cc1. The van der Waals surface area contributed by atoms with Crippen LogP contribution in [-0.4, -0.2) is 4.98 Å². The molecule has 1 nitrogen and oxygen atoms in total. The third-order valence-electron chi connectivity index (χ3n) is 13.6. The molecule has 0 bridgehead atoms. The van der Waals surface area contributed by atoms with E-state index in [9.17, 15) is 0 Å². The van der Waals surface area contributed by atoms with Gasteiger partial charge in [-0.1, -0.05) is 212 Å². The first-order valence-electron chi connectivity index (χ1n) is 22.8. The lowest BCUT2D eigenvalue weighted by atomic mass is 9.84. The van der Waals surface area contributed by atoms with Gasteiger partial charge >= 0.3 is 0 Å². The molecule has 306 valence electrons. The highest BCUT2D eigenvalue weighted by Crippen LogP contribution is 2.46. The number of rotatable bonds is 6. The Kier molecular flexibility index (Phi) is 8.92. The highest BCUT2D eigenvalue weighted by atomic mass is 14.7. The summed E-state index contributed by atoms with van der Waals surface area (Å²) in [6.45, 7) is 0. The van der Waals surface area contributed by atoms with Gasteiger partial charge in [-0.25, -0.2) is 4.98 Å². The van der Waals surface area contributed by atoms with Crippen molar-refractivity contribution in [3.8, 4) is 66.9 Å². The third kappa shape index (κ3) is 6.44. The summed E-state index contributed by atoms with van der Waals surface area (Å²) in [5, 5.41) is 13.6. The molecule has 0 saturated carbocycles. The second-order valence-corrected chi connectivity index (χ2v) is 17.4. The van der Waals surface area contributed by atoms with E-state index >= 15 is 0 Å². The number of hydrogen-bond donors (Lipinski definition) is 0. The molecule has 0 aliphatic rings. The molecule has 1 aromatic heterocycles. The fourth-order valence-corrected chi connectivity index (χ4v) is 10.4. The zero-order valence-corrected chi connectivity index (χ0v) is 36.1. The van der Waals surface area contributed by atoms with Crippen molar-refractivity contribution in [2.45, 2.75) is 0 Å². The van der Waals surface area contributed by atoms with Crippen LogP contribution in [0.3, 0.4) is 0 Å². The Morgan fingerprint density at radius 1 is 0.227 bits per heavy atom. The molecule has 0 fully saturated rings. The van der Waals surface area contributed by atoms with Gasteiger partial charge in [0.1, 0.15) is 0 Å². The van der Waals surface area contributed by atoms with E-state index in [2.05, 4.69) is 249 Å². The molecule has 0 atom stereocenters. The molecule has 0 unspecified atom stereocenters. The molecule has 0 N–H and O–H groups in total. The number of benzene rings is 12. The molecule has 13 rings (SSSR count). The van der Waals surface area contributed by atoms with Crippen LogP contribution in [0.1, 0.15) is 0 Å². The van der Waals surface area contributed by atoms with Gasteiger partial charge in [-0.05, 0) is 146 Å². The van der Waals surface area contributed by atoms with E-state index in [1.165, 1.54) is 115 Å². The summed E-state index contributed by atoms with van der Waals surface area (Å²) in [5.41, 5.74) is 15.1. The standard InChI is InChI=1S/C65H41N/c1-2-16-47(17-3-1)62-41-59(65-55-22-9-8-15-46(55)34-36-61(65)66-62)52-21-12-20-50(37-52)44-25-27-45(28-26-44)51-33-35-58-60(40-51)64(54-32-30-43-14-5-7-19-49(43)39-54)57-24-11-10-23-56(57)63(58)53-31-29-42-13-4-6-18-48(42)38-53/h1-41H. The quantitative estimate of drug-likeness (QED) is 0.120. The molecule has 0 saturated heterocycles. The van der Waals surface area contributed by atoms with Crippen LogP contribution in [0.4, 0.5) is 0 Å². The molecule has 0 aliphatic heterocycles. The number of hydrogen-bond acceptors (Lipinski definition) is 1. The van der Waals surface area contributed by atoms with Crippen LogP contribution < -0.4 is 0 Å². The lowest BCUT2D eigenvalue weighted by Crippen LogP contribution is -1.92. The maximum atomic E-state index is 5.20. The molecule has 12 aromatic carbocycles. The van der Waals surface area contributed by atoms with Crippen molar-refractivity contribution >= 4 is 64.8 Å². The number of aromatic nitrogens is 1. The zero-order valence-electron chi connectivity index (χ0n) is 36.1. The van der Waals surface area contributed by atoms with Crippen molar-refractivity contribution in [2.75, 3.05) is 0 Å².